The summed E-state index contributed by atoms with van der Waals surface area (Å²) in [6.07, 6.45) is 1.61. The summed E-state index contributed by atoms with van der Waals surface area (Å²) in [5.41, 5.74) is 5.05. The van der Waals surface area contributed by atoms with Crippen LogP contribution in [-0.4, -0.2) is 11.1 Å². The van der Waals surface area contributed by atoms with Crippen molar-refractivity contribution >= 4 is 29.2 Å². The summed E-state index contributed by atoms with van der Waals surface area (Å²) in [4.78, 5) is 10.3. The molecule has 0 aliphatic heterocycles. The Morgan fingerprint density at radius 2 is 1.89 bits per heavy atom. The molecule has 0 aliphatic carbocycles. The van der Waals surface area contributed by atoms with E-state index in [1.165, 1.54) is 12.1 Å². The van der Waals surface area contributed by atoms with Crippen LogP contribution in [0.15, 0.2) is 77.9 Å². The fourth-order valence-electron chi connectivity index (χ4n) is 2.33. The fraction of sp³-hybridized carbons (Fsp3) is 0.0500. The molecule has 0 bridgehead atoms. The number of benzene rings is 3. The lowest BCUT2D eigenvalue weighted by atomic mass is 10.2. The number of ether oxygens (including phenoxy) is 1. The third-order valence-electron chi connectivity index (χ3n) is 3.67. The predicted molar refractivity (Wildman–Crippen MR) is 107 cm³/mol. The van der Waals surface area contributed by atoms with Gasteiger partial charge in [0.15, 0.2) is 0 Å². The van der Waals surface area contributed by atoms with Crippen LogP contribution < -0.4 is 10.2 Å². The van der Waals surface area contributed by atoms with Gasteiger partial charge >= 0.3 is 0 Å². The van der Waals surface area contributed by atoms with Gasteiger partial charge in [0.05, 0.1) is 16.8 Å². The Labute approximate surface area is 161 Å². The van der Waals surface area contributed by atoms with Crippen LogP contribution in [0.25, 0.3) is 0 Å². The van der Waals surface area contributed by atoms with E-state index in [-0.39, 0.29) is 5.69 Å². The monoisotopic (exact) mass is 381 g/mol. The van der Waals surface area contributed by atoms with E-state index in [0.29, 0.717) is 23.1 Å². The highest BCUT2D eigenvalue weighted by Gasteiger charge is 2.04. The molecule has 27 heavy (non-hydrogen) atoms. The molecule has 0 saturated carbocycles. The lowest BCUT2D eigenvalue weighted by molar-refractivity contribution is -0.384. The predicted octanol–water partition coefficient (Wildman–Crippen LogP) is 5.27. The molecule has 3 rings (SSSR count). The van der Waals surface area contributed by atoms with Crippen LogP contribution in [-0.2, 0) is 6.61 Å². The molecule has 0 atom stereocenters. The van der Waals surface area contributed by atoms with Gasteiger partial charge in [0.2, 0.25) is 0 Å². The Kier molecular flexibility index (Phi) is 6.02. The smallest absolute Gasteiger partial charge is 0.271 e. The molecule has 6 nitrogen and oxygen atoms in total. The lowest BCUT2D eigenvalue weighted by Gasteiger charge is -2.08. The number of halogens is 1. The van der Waals surface area contributed by atoms with Gasteiger partial charge in [0.25, 0.3) is 5.69 Å². The van der Waals surface area contributed by atoms with Gasteiger partial charge in [-0.25, -0.2) is 0 Å². The van der Waals surface area contributed by atoms with Gasteiger partial charge in [-0.3, -0.25) is 15.5 Å². The Hall–Kier alpha value is -3.38. The van der Waals surface area contributed by atoms with E-state index in [9.17, 15) is 10.1 Å². The molecule has 0 amide bonds. The van der Waals surface area contributed by atoms with Crippen molar-refractivity contribution in [2.75, 3.05) is 5.43 Å². The number of hydrazone groups is 1. The minimum absolute atomic E-state index is 0.00479. The minimum atomic E-state index is -0.450. The zero-order valence-electron chi connectivity index (χ0n) is 14.2. The van der Waals surface area contributed by atoms with Gasteiger partial charge in [-0.05, 0) is 29.8 Å². The maximum absolute atomic E-state index is 10.8. The molecule has 0 spiro atoms. The van der Waals surface area contributed by atoms with Gasteiger partial charge in [-0.15, -0.1) is 0 Å². The first-order chi connectivity index (χ1) is 13.1. The summed E-state index contributed by atoms with van der Waals surface area (Å²) >= 11 is 6.13. The number of rotatable bonds is 7. The van der Waals surface area contributed by atoms with Crippen LogP contribution in [0.4, 0.5) is 11.4 Å². The molecular formula is C20H16ClN3O3. The van der Waals surface area contributed by atoms with Gasteiger partial charge in [0, 0.05) is 22.7 Å². The second-order valence-corrected chi connectivity index (χ2v) is 6.04. The Bertz CT molecular complexity index is 976. The number of nitrogens with one attached hydrogen (secondary N) is 1. The summed E-state index contributed by atoms with van der Waals surface area (Å²) in [5.74, 6) is 0.689. The first kappa shape index (κ1) is 18.4. The van der Waals surface area contributed by atoms with Crippen LogP contribution in [0.1, 0.15) is 11.1 Å². The first-order valence-corrected chi connectivity index (χ1v) is 8.49. The molecular weight excluding hydrogens is 366 g/mol. The van der Waals surface area contributed by atoms with Crippen LogP contribution in [0.5, 0.6) is 5.75 Å². The Balaban J connectivity index is 1.62. The van der Waals surface area contributed by atoms with E-state index in [4.69, 9.17) is 16.3 Å². The average molecular weight is 382 g/mol. The molecule has 0 fully saturated rings. The van der Waals surface area contributed by atoms with Crippen molar-refractivity contribution in [2.45, 2.75) is 6.61 Å². The number of nitrogens with zero attached hydrogens (tertiary/aromatic N) is 2. The van der Waals surface area contributed by atoms with Crippen molar-refractivity contribution in [2.24, 2.45) is 5.10 Å². The number of nitro groups is 1. The zero-order chi connectivity index (χ0) is 19.1. The molecule has 0 aromatic heterocycles. The highest BCUT2D eigenvalue weighted by atomic mass is 35.5. The third-order valence-corrected chi connectivity index (χ3v) is 4.04. The number of hydrogen-bond acceptors (Lipinski definition) is 5. The van der Waals surface area contributed by atoms with E-state index in [1.807, 2.05) is 48.5 Å². The summed E-state index contributed by atoms with van der Waals surface area (Å²) in [6.45, 7) is 0.367. The summed E-state index contributed by atoms with van der Waals surface area (Å²) < 4.78 is 5.78. The van der Waals surface area contributed by atoms with Crippen LogP contribution in [0, 0.1) is 10.1 Å². The second kappa shape index (κ2) is 8.82. The maximum atomic E-state index is 10.8. The fourth-order valence-corrected chi connectivity index (χ4v) is 2.52. The first-order valence-electron chi connectivity index (χ1n) is 8.11. The number of non-ortho nitro benzene ring substituents is 1. The van der Waals surface area contributed by atoms with E-state index < -0.39 is 4.92 Å². The summed E-state index contributed by atoms with van der Waals surface area (Å²) in [6, 6.07) is 21.1. The van der Waals surface area contributed by atoms with E-state index in [2.05, 4.69) is 10.5 Å². The number of hydrogen-bond donors (Lipinski definition) is 1. The van der Waals surface area contributed by atoms with Crippen molar-refractivity contribution in [3.63, 3.8) is 0 Å². The summed E-state index contributed by atoms with van der Waals surface area (Å²) in [7, 11) is 0. The summed E-state index contributed by atoms with van der Waals surface area (Å²) in [5, 5.41) is 15.6. The number of anilines is 1. The van der Waals surface area contributed by atoms with Crippen LogP contribution >= 0.6 is 11.6 Å². The second-order valence-electron chi connectivity index (χ2n) is 5.63. The quantitative estimate of drug-likeness (QED) is 0.343. The van der Waals surface area contributed by atoms with Crippen LogP contribution in [0.2, 0.25) is 5.02 Å². The molecule has 3 aromatic rings. The third kappa shape index (κ3) is 5.29. The molecule has 3 aromatic carbocycles. The number of nitro benzene ring substituents is 1. The van der Waals surface area contributed by atoms with Crippen molar-refractivity contribution in [3.05, 3.63) is 99.1 Å². The van der Waals surface area contributed by atoms with Crippen molar-refractivity contribution in [3.8, 4) is 5.75 Å². The zero-order valence-corrected chi connectivity index (χ0v) is 15.0. The largest absolute Gasteiger partial charge is 0.489 e. The SMILES string of the molecule is O=[N+]([O-])c1cccc(NN=Cc2cccc(OCc3ccccc3Cl)c2)c1. The average Bonchev–Trinajstić information content (AvgIpc) is 2.68. The molecule has 0 radical (unpaired) electrons. The van der Waals surface area contributed by atoms with Crippen molar-refractivity contribution in [1.29, 1.82) is 0 Å². The lowest BCUT2D eigenvalue weighted by Crippen LogP contribution is -1.97. The Morgan fingerprint density at radius 3 is 2.70 bits per heavy atom. The van der Waals surface area contributed by atoms with Gasteiger partial charge in [0.1, 0.15) is 12.4 Å². The van der Waals surface area contributed by atoms with Crippen molar-refractivity contribution < 1.29 is 9.66 Å². The maximum Gasteiger partial charge on any atom is 0.271 e. The molecule has 0 aliphatic rings. The minimum Gasteiger partial charge on any atom is -0.489 e. The standard InChI is InChI=1S/C20H16ClN3O3/c21-20-10-2-1-6-16(20)14-27-19-9-3-5-15(11-19)13-22-23-17-7-4-8-18(12-17)24(25)26/h1-13,23H,14H2. The molecule has 0 unspecified atom stereocenters. The van der Waals surface area contributed by atoms with Crippen LogP contribution in [0.3, 0.4) is 0 Å². The highest BCUT2D eigenvalue weighted by molar-refractivity contribution is 6.31. The topological polar surface area (TPSA) is 76.8 Å². The normalized spacial score (nSPS) is 10.7. The van der Waals surface area contributed by atoms with E-state index in [1.54, 1.807) is 18.3 Å². The molecule has 1 N–H and O–H groups in total. The van der Waals surface area contributed by atoms with Gasteiger partial charge in [-0.2, -0.15) is 5.10 Å². The molecule has 0 heterocycles. The molecule has 7 heteroatoms. The van der Waals surface area contributed by atoms with E-state index in [0.717, 1.165) is 11.1 Å². The Morgan fingerprint density at radius 1 is 1.07 bits per heavy atom. The van der Waals surface area contributed by atoms with Gasteiger partial charge in [-0.1, -0.05) is 48.0 Å². The molecule has 0 saturated heterocycles. The molecule has 136 valence electrons. The van der Waals surface area contributed by atoms with E-state index >= 15 is 0 Å². The highest BCUT2D eigenvalue weighted by Crippen LogP contribution is 2.19. The van der Waals surface area contributed by atoms with Crippen molar-refractivity contribution in [1.82, 2.24) is 0 Å². The van der Waals surface area contributed by atoms with Gasteiger partial charge < -0.3 is 4.74 Å².